The average Bonchev–Trinajstić information content (AvgIpc) is 2.95. The van der Waals surface area contributed by atoms with Crippen molar-refractivity contribution in [2.24, 2.45) is 11.0 Å². The number of ether oxygens (including phenoxy) is 2. The van der Waals surface area contributed by atoms with Crippen LogP contribution in [0.1, 0.15) is 42.3 Å². The SMILES string of the molecule is CCOc1cc(/C=N\NC(=O)C(NC(=O)c2ccc(Cl)cc2Cl)C(C)C)ccc1OCc1cccc2ccccc12. The second kappa shape index (κ2) is 14.0. The molecule has 1 atom stereocenters. The lowest BCUT2D eigenvalue weighted by atomic mass is 10.0. The van der Waals surface area contributed by atoms with Crippen molar-refractivity contribution in [2.75, 3.05) is 6.61 Å². The fraction of sp³-hybridized carbons (Fsp3) is 0.219. The van der Waals surface area contributed by atoms with E-state index in [2.05, 4.69) is 34.0 Å². The van der Waals surface area contributed by atoms with Crippen LogP contribution in [0.3, 0.4) is 0 Å². The minimum atomic E-state index is -0.838. The number of amides is 2. The molecule has 0 spiro atoms. The summed E-state index contributed by atoms with van der Waals surface area (Å²) < 4.78 is 11.9. The van der Waals surface area contributed by atoms with Crippen LogP contribution in [0.4, 0.5) is 0 Å². The fourth-order valence-electron chi connectivity index (χ4n) is 4.23. The molecule has 2 N–H and O–H groups in total. The van der Waals surface area contributed by atoms with E-state index >= 15 is 0 Å². The number of nitrogens with one attached hydrogen (secondary N) is 2. The molecule has 0 saturated carbocycles. The largest absolute Gasteiger partial charge is 0.490 e. The smallest absolute Gasteiger partial charge is 0.262 e. The molecule has 4 aromatic rings. The van der Waals surface area contributed by atoms with Gasteiger partial charge in [-0.1, -0.05) is 79.5 Å². The third kappa shape index (κ3) is 7.78. The van der Waals surface area contributed by atoms with Gasteiger partial charge in [0.1, 0.15) is 12.6 Å². The van der Waals surface area contributed by atoms with E-state index in [1.807, 2.05) is 57.2 Å². The van der Waals surface area contributed by atoms with Crippen LogP contribution >= 0.6 is 23.2 Å². The van der Waals surface area contributed by atoms with Crippen molar-refractivity contribution < 1.29 is 19.1 Å². The summed E-state index contributed by atoms with van der Waals surface area (Å²) in [4.78, 5) is 25.6. The lowest BCUT2D eigenvalue weighted by molar-refractivity contribution is -0.123. The van der Waals surface area contributed by atoms with Crippen molar-refractivity contribution in [3.05, 3.63) is 106 Å². The zero-order valence-corrected chi connectivity index (χ0v) is 24.5. The number of hydrogen-bond acceptors (Lipinski definition) is 5. The summed E-state index contributed by atoms with van der Waals surface area (Å²) >= 11 is 12.1. The van der Waals surface area contributed by atoms with Crippen LogP contribution in [0.2, 0.25) is 10.0 Å². The summed E-state index contributed by atoms with van der Waals surface area (Å²) in [6.07, 6.45) is 1.50. The Morgan fingerprint density at radius 2 is 1.71 bits per heavy atom. The molecule has 7 nitrogen and oxygen atoms in total. The molecular formula is C32H31Cl2N3O4. The maximum absolute atomic E-state index is 12.9. The molecule has 0 aliphatic rings. The van der Waals surface area contributed by atoms with Gasteiger partial charge in [-0.2, -0.15) is 5.10 Å². The van der Waals surface area contributed by atoms with Crippen LogP contribution in [0.25, 0.3) is 10.8 Å². The Labute approximate surface area is 249 Å². The van der Waals surface area contributed by atoms with Crippen LogP contribution < -0.4 is 20.2 Å². The Morgan fingerprint density at radius 3 is 2.46 bits per heavy atom. The van der Waals surface area contributed by atoms with E-state index in [-0.39, 0.29) is 16.5 Å². The van der Waals surface area contributed by atoms with Crippen molar-refractivity contribution in [3.8, 4) is 11.5 Å². The number of carbonyl (C=O) groups is 2. The molecule has 9 heteroatoms. The first-order valence-corrected chi connectivity index (χ1v) is 14.0. The van der Waals surface area contributed by atoms with Crippen LogP contribution in [0.15, 0.2) is 84.0 Å². The Kier molecular flexibility index (Phi) is 10.2. The molecular weight excluding hydrogens is 561 g/mol. The van der Waals surface area contributed by atoms with Crippen molar-refractivity contribution in [3.63, 3.8) is 0 Å². The molecule has 0 saturated heterocycles. The van der Waals surface area contributed by atoms with Gasteiger partial charge in [-0.15, -0.1) is 0 Å². The predicted octanol–water partition coefficient (Wildman–Crippen LogP) is 7.03. The quantitative estimate of drug-likeness (QED) is 0.145. The van der Waals surface area contributed by atoms with Crippen LogP contribution in [-0.4, -0.2) is 30.7 Å². The second-order valence-corrected chi connectivity index (χ2v) is 10.5. The summed E-state index contributed by atoms with van der Waals surface area (Å²) in [7, 11) is 0. The Morgan fingerprint density at radius 1 is 0.927 bits per heavy atom. The first-order valence-electron chi connectivity index (χ1n) is 13.2. The number of halogens is 2. The van der Waals surface area contributed by atoms with E-state index in [0.29, 0.717) is 35.3 Å². The van der Waals surface area contributed by atoms with Gasteiger partial charge in [0.15, 0.2) is 11.5 Å². The monoisotopic (exact) mass is 591 g/mol. The Bertz CT molecular complexity index is 1570. The van der Waals surface area contributed by atoms with E-state index < -0.39 is 17.9 Å². The normalized spacial score (nSPS) is 12.0. The van der Waals surface area contributed by atoms with Gasteiger partial charge in [0.2, 0.25) is 0 Å². The number of carbonyl (C=O) groups excluding carboxylic acids is 2. The van der Waals surface area contributed by atoms with Crippen molar-refractivity contribution in [1.82, 2.24) is 10.7 Å². The highest BCUT2D eigenvalue weighted by Gasteiger charge is 2.25. The number of hydrogen-bond donors (Lipinski definition) is 2. The number of fused-ring (bicyclic) bond motifs is 1. The number of benzene rings is 4. The van der Waals surface area contributed by atoms with Gasteiger partial charge < -0.3 is 14.8 Å². The van der Waals surface area contributed by atoms with Crippen molar-refractivity contribution in [1.29, 1.82) is 0 Å². The lowest BCUT2D eigenvalue weighted by Crippen LogP contribution is -2.48. The van der Waals surface area contributed by atoms with E-state index in [1.165, 1.54) is 18.3 Å². The molecule has 0 fully saturated rings. The second-order valence-electron chi connectivity index (χ2n) is 9.62. The Balaban J connectivity index is 1.41. The lowest BCUT2D eigenvalue weighted by Gasteiger charge is -2.20. The summed E-state index contributed by atoms with van der Waals surface area (Å²) in [5.41, 5.74) is 4.51. The molecule has 1 unspecified atom stereocenters. The van der Waals surface area contributed by atoms with Crippen LogP contribution in [0, 0.1) is 5.92 Å². The van der Waals surface area contributed by atoms with E-state index in [1.54, 1.807) is 12.1 Å². The van der Waals surface area contributed by atoms with Gasteiger partial charge >= 0.3 is 0 Å². The van der Waals surface area contributed by atoms with Crippen LogP contribution in [-0.2, 0) is 11.4 Å². The molecule has 0 heterocycles. The summed E-state index contributed by atoms with van der Waals surface area (Å²) in [6, 6.07) is 23.4. The summed E-state index contributed by atoms with van der Waals surface area (Å²) in [5.74, 6) is 0.0160. The number of nitrogens with zero attached hydrogens (tertiary/aromatic N) is 1. The van der Waals surface area contributed by atoms with Crippen molar-refractivity contribution in [2.45, 2.75) is 33.4 Å². The number of rotatable bonds is 11. The fourth-order valence-corrected chi connectivity index (χ4v) is 4.73. The van der Waals surface area contributed by atoms with Crippen LogP contribution in [0.5, 0.6) is 11.5 Å². The van der Waals surface area contributed by atoms with Crippen molar-refractivity contribution >= 4 is 52.0 Å². The molecule has 212 valence electrons. The molecule has 0 radical (unpaired) electrons. The third-order valence-corrected chi connectivity index (χ3v) is 6.88. The van der Waals surface area contributed by atoms with Gasteiger partial charge in [0, 0.05) is 5.02 Å². The molecule has 0 aliphatic heterocycles. The van der Waals surface area contributed by atoms with E-state index in [0.717, 1.165) is 16.3 Å². The molecule has 0 aliphatic carbocycles. The molecule has 4 rings (SSSR count). The first-order chi connectivity index (χ1) is 19.8. The summed E-state index contributed by atoms with van der Waals surface area (Å²) in [6.45, 7) is 6.38. The molecule has 41 heavy (non-hydrogen) atoms. The minimum absolute atomic E-state index is 0.200. The zero-order chi connectivity index (χ0) is 29.4. The zero-order valence-electron chi connectivity index (χ0n) is 23.0. The highest BCUT2D eigenvalue weighted by molar-refractivity contribution is 6.36. The highest BCUT2D eigenvalue weighted by atomic mass is 35.5. The average molecular weight is 593 g/mol. The van der Waals surface area contributed by atoms with E-state index in [4.69, 9.17) is 32.7 Å². The van der Waals surface area contributed by atoms with Gasteiger partial charge in [-0.25, -0.2) is 5.43 Å². The standard InChI is InChI=1S/C32H31Cl2N3O4/c1-4-40-29-16-21(12-15-28(29)41-19-23-10-7-9-22-8-5-6-11-25(22)23)18-35-37-32(39)30(20(2)3)36-31(38)26-14-13-24(33)17-27(26)34/h5-18,20,30H,4,19H2,1-3H3,(H,36,38)(H,37,39)/b35-18-. The maximum atomic E-state index is 12.9. The van der Waals surface area contributed by atoms with E-state index in [9.17, 15) is 9.59 Å². The summed E-state index contributed by atoms with van der Waals surface area (Å²) in [5, 5.41) is 9.73. The molecule has 4 aromatic carbocycles. The van der Waals surface area contributed by atoms with Gasteiger partial charge in [0.25, 0.3) is 11.8 Å². The minimum Gasteiger partial charge on any atom is -0.490 e. The molecule has 0 bridgehead atoms. The predicted molar refractivity (Wildman–Crippen MR) is 164 cm³/mol. The number of hydrazone groups is 1. The molecule has 0 aromatic heterocycles. The van der Waals surface area contributed by atoms with Gasteiger partial charge in [-0.3, -0.25) is 9.59 Å². The molecule has 2 amide bonds. The first kappa shape index (κ1) is 29.9. The maximum Gasteiger partial charge on any atom is 0.262 e. The highest BCUT2D eigenvalue weighted by Crippen LogP contribution is 2.30. The third-order valence-electron chi connectivity index (χ3n) is 6.33. The van der Waals surface area contributed by atoms with Gasteiger partial charge in [0.05, 0.1) is 23.4 Å². The Hall–Kier alpha value is -4.07. The topological polar surface area (TPSA) is 89.0 Å². The van der Waals surface area contributed by atoms with Gasteiger partial charge in [-0.05, 0) is 71.1 Å².